The molecule has 0 saturated heterocycles. The molecule has 3 N–H and O–H groups in total. The predicted molar refractivity (Wildman–Crippen MR) is 73.5 cm³/mol. The molecular weight excluding hydrogens is 266 g/mol. The third-order valence-corrected chi connectivity index (χ3v) is 3.59. The van der Waals surface area contributed by atoms with Crippen LogP contribution in [0.15, 0.2) is 16.9 Å². The Bertz CT molecular complexity index is 338. The van der Waals surface area contributed by atoms with Gasteiger partial charge in [0.2, 0.25) is 0 Å². The number of nitrogens with zero attached hydrogens (tertiary/aromatic N) is 1. The van der Waals surface area contributed by atoms with E-state index < -0.39 is 0 Å². The number of anilines is 2. The minimum Gasteiger partial charge on any atom is -0.396 e. The smallest absolute Gasteiger partial charge is 0.0750 e. The Morgan fingerprint density at radius 1 is 1.44 bits per heavy atom. The van der Waals surface area contributed by atoms with Crippen LogP contribution in [0.1, 0.15) is 27.7 Å². The Balaban J connectivity index is 2.69. The second-order valence-electron chi connectivity index (χ2n) is 5.23. The van der Waals surface area contributed by atoms with Gasteiger partial charge in [-0.2, -0.15) is 0 Å². The van der Waals surface area contributed by atoms with Crippen LogP contribution in [-0.4, -0.2) is 11.5 Å². The van der Waals surface area contributed by atoms with Gasteiger partial charge in [-0.05, 0) is 27.3 Å². The van der Waals surface area contributed by atoms with Crippen molar-refractivity contribution in [3.05, 3.63) is 16.9 Å². The minimum absolute atomic E-state index is 0.293. The summed E-state index contributed by atoms with van der Waals surface area (Å²) < 4.78 is 0.911. The van der Waals surface area contributed by atoms with E-state index in [2.05, 4.69) is 53.9 Å². The summed E-state index contributed by atoms with van der Waals surface area (Å²) in [5.41, 5.74) is 7.77. The molecular formula is C12H20BrN3. The molecule has 1 rings (SSSR count). The van der Waals surface area contributed by atoms with Crippen molar-refractivity contribution in [2.75, 3.05) is 17.6 Å². The highest BCUT2D eigenvalue weighted by atomic mass is 79.9. The van der Waals surface area contributed by atoms with Crippen LogP contribution in [0.2, 0.25) is 0 Å². The van der Waals surface area contributed by atoms with Crippen molar-refractivity contribution in [3.63, 3.8) is 0 Å². The SMILES string of the molecule is CC(CNc1c(N)cncc1Br)C(C)(C)C. The molecule has 3 nitrogen and oxygen atoms in total. The van der Waals surface area contributed by atoms with E-state index in [9.17, 15) is 0 Å². The molecule has 1 atom stereocenters. The first-order valence-electron chi connectivity index (χ1n) is 5.45. The fraction of sp³-hybridized carbons (Fsp3) is 0.583. The number of halogens is 1. The summed E-state index contributed by atoms with van der Waals surface area (Å²) in [6.07, 6.45) is 3.41. The molecule has 1 heterocycles. The van der Waals surface area contributed by atoms with E-state index >= 15 is 0 Å². The quantitative estimate of drug-likeness (QED) is 0.893. The van der Waals surface area contributed by atoms with Gasteiger partial charge in [0.15, 0.2) is 0 Å². The maximum atomic E-state index is 5.86. The standard InChI is InChI=1S/C12H20BrN3/c1-8(12(2,3)4)5-16-11-9(13)6-15-7-10(11)14/h6-8H,5,14H2,1-4H3,(H,15,16). The number of pyridine rings is 1. The monoisotopic (exact) mass is 285 g/mol. The highest BCUT2D eigenvalue weighted by molar-refractivity contribution is 9.10. The molecule has 0 aliphatic carbocycles. The zero-order valence-electron chi connectivity index (χ0n) is 10.3. The van der Waals surface area contributed by atoms with Crippen LogP contribution in [0.25, 0.3) is 0 Å². The number of hydrogen-bond acceptors (Lipinski definition) is 3. The van der Waals surface area contributed by atoms with Crippen LogP contribution < -0.4 is 11.1 Å². The summed E-state index contributed by atoms with van der Waals surface area (Å²) in [4.78, 5) is 4.01. The maximum Gasteiger partial charge on any atom is 0.0750 e. The number of hydrogen-bond donors (Lipinski definition) is 2. The van der Waals surface area contributed by atoms with E-state index in [-0.39, 0.29) is 0 Å². The van der Waals surface area contributed by atoms with Crippen molar-refractivity contribution in [1.29, 1.82) is 0 Å². The number of nitrogens with two attached hydrogens (primary N) is 1. The Hall–Kier alpha value is -0.770. The van der Waals surface area contributed by atoms with Crippen LogP contribution in [0.4, 0.5) is 11.4 Å². The van der Waals surface area contributed by atoms with E-state index in [1.807, 2.05) is 0 Å². The molecule has 16 heavy (non-hydrogen) atoms. The summed E-state index contributed by atoms with van der Waals surface area (Å²) in [5.74, 6) is 0.562. The van der Waals surface area contributed by atoms with Crippen molar-refractivity contribution in [3.8, 4) is 0 Å². The summed E-state index contributed by atoms with van der Waals surface area (Å²) in [6.45, 7) is 9.85. The number of rotatable bonds is 3. The van der Waals surface area contributed by atoms with E-state index in [1.165, 1.54) is 0 Å². The Labute approximate surface area is 106 Å². The summed E-state index contributed by atoms with van der Waals surface area (Å²) in [5, 5.41) is 3.38. The first-order chi connectivity index (χ1) is 7.32. The second-order valence-corrected chi connectivity index (χ2v) is 6.09. The Kier molecular flexibility index (Phi) is 4.19. The fourth-order valence-corrected chi connectivity index (χ4v) is 1.69. The molecule has 90 valence electrons. The van der Waals surface area contributed by atoms with Crippen LogP contribution in [0.3, 0.4) is 0 Å². The third-order valence-electron chi connectivity index (χ3n) is 2.99. The lowest BCUT2D eigenvalue weighted by Gasteiger charge is -2.28. The van der Waals surface area contributed by atoms with E-state index in [1.54, 1.807) is 12.4 Å². The second kappa shape index (κ2) is 5.04. The van der Waals surface area contributed by atoms with Crippen LogP contribution in [0.5, 0.6) is 0 Å². The lowest BCUT2D eigenvalue weighted by molar-refractivity contribution is 0.274. The highest BCUT2D eigenvalue weighted by Gasteiger charge is 2.20. The number of nitrogens with one attached hydrogen (secondary N) is 1. The molecule has 1 unspecified atom stereocenters. The Morgan fingerprint density at radius 3 is 2.56 bits per heavy atom. The van der Waals surface area contributed by atoms with Crippen LogP contribution in [0, 0.1) is 11.3 Å². The molecule has 0 bridgehead atoms. The molecule has 0 amide bonds. The molecule has 0 fully saturated rings. The molecule has 1 aromatic heterocycles. The summed E-state index contributed by atoms with van der Waals surface area (Å²) in [7, 11) is 0. The van der Waals surface area contributed by atoms with Gasteiger partial charge in [-0.3, -0.25) is 4.98 Å². The number of nitrogen functional groups attached to an aromatic ring is 1. The lowest BCUT2D eigenvalue weighted by Crippen LogP contribution is -2.25. The van der Waals surface area contributed by atoms with Crippen LogP contribution in [-0.2, 0) is 0 Å². The maximum absolute atomic E-state index is 5.86. The molecule has 1 aromatic rings. The van der Waals surface area contributed by atoms with Gasteiger partial charge >= 0.3 is 0 Å². The summed E-state index contributed by atoms with van der Waals surface area (Å²) in [6, 6.07) is 0. The fourth-order valence-electron chi connectivity index (χ4n) is 1.20. The van der Waals surface area contributed by atoms with Crippen molar-refractivity contribution in [2.45, 2.75) is 27.7 Å². The van der Waals surface area contributed by atoms with Crippen molar-refractivity contribution >= 4 is 27.3 Å². The normalized spacial score (nSPS) is 13.6. The van der Waals surface area contributed by atoms with E-state index in [4.69, 9.17) is 5.73 Å². The largest absolute Gasteiger partial charge is 0.396 e. The zero-order valence-corrected chi connectivity index (χ0v) is 11.9. The van der Waals surface area contributed by atoms with Gasteiger partial charge in [-0.15, -0.1) is 0 Å². The van der Waals surface area contributed by atoms with E-state index in [0.717, 1.165) is 16.7 Å². The first kappa shape index (κ1) is 13.3. The van der Waals surface area contributed by atoms with Gasteiger partial charge in [0.25, 0.3) is 0 Å². The van der Waals surface area contributed by atoms with Gasteiger partial charge in [0.05, 0.1) is 22.0 Å². The van der Waals surface area contributed by atoms with Gasteiger partial charge < -0.3 is 11.1 Å². The first-order valence-corrected chi connectivity index (χ1v) is 6.24. The predicted octanol–water partition coefficient (Wildman–Crippen LogP) is 3.52. The average Bonchev–Trinajstić information content (AvgIpc) is 2.15. The van der Waals surface area contributed by atoms with Crippen molar-refractivity contribution in [1.82, 2.24) is 4.98 Å². The molecule has 0 radical (unpaired) electrons. The highest BCUT2D eigenvalue weighted by Crippen LogP contribution is 2.30. The Morgan fingerprint density at radius 2 is 2.06 bits per heavy atom. The molecule has 0 aliphatic heterocycles. The minimum atomic E-state index is 0.293. The van der Waals surface area contributed by atoms with E-state index in [0.29, 0.717) is 17.0 Å². The molecule has 0 saturated carbocycles. The van der Waals surface area contributed by atoms with Gasteiger partial charge in [0.1, 0.15) is 0 Å². The molecule has 0 aliphatic rings. The topological polar surface area (TPSA) is 50.9 Å². The summed E-state index contributed by atoms with van der Waals surface area (Å²) >= 11 is 3.44. The average molecular weight is 286 g/mol. The molecule has 4 heteroatoms. The number of aromatic nitrogens is 1. The molecule has 0 aromatic carbocycles. The van der Waals surface area contributed by atoms with Crippen molar-refractivity contribution in [2.24, 2.45) is 11.3 Å². The van der Waals surface area contributed by atoms with Gasteiger partial charge in [-0.25, -0.2) is 0 Å². The van der Waals surface area contributed by atoms with Crippen LogP contribution >= 0.6 is 15.9 Å². The third kappa shape index (κ3) is 3.37. The molecule has 0 spiro atoms. The van der Waals surface area contributed by atoms with Gasteiger partial charge in [0, 0.05) is 12.7 Å². The van der Waals surface area contributed by atoms with Crippen molar-refractivity contribution < 1.29 is 0 Å². The van der Waals surface area contributed by atoms with Gasteiger partial charge in [-0.1, -0.05) is 27.7 Å². The lowest BCUT2D eigenvalue weighted by atomic mass is 9.82. The zero-order chi connectivity index (χ0) is 12.3.